The van der Waals surface area contributed by atoms with E-state index in [4.69, 9.17) is 9.47 Å². The van der Waals surface area contributed by atoms with E-state index in [9.17, 15) is 0 Å². The van der Waals surface area contributed by atoms with E-state index in [1.54, 1.807) is 12.4 Å². The fourth-order valence-electron chi connectivity index (χ4n) is 3.67. The van der Waals surface area contributed by atoms with Gasteiger partial charge in [0.25, 0.3) is 0 Å². The molecule has 3 aromatic rings. The van der Waals surface area contributed by atoms with Gasteiger partial charge in [-0.3, -0.25) is 0 Å². The molecule has 6 heteroatoms. The van der Waals surface area contributed by atoms with Crippen molar-refractivity contribution in [2.45, 2.75) is 31.4 Å². The third kappa shape index (κ3) is 3.55. The van der Waals surface area contributed by atoms with Crippen molar-refractivity contribution in [2.75, 3.05) is 18.5 Å². The highest BCUT2D eigenvalue weighted by Crippen LogP contribution is 2.32. The van der Waals surface area contributed by atoms with Gasteiger partial charge in [0.1, 0.15) is 17.6 Å². The molecule has 0 atom stereocenters. The standard InChI is InChI=1S/C22H22N4O2/c1-2-4-19-15(3-1)5-6-20(26-19)25-17-13-18(14-17)28-22-21(23-9-10-24-22)16-7-11-27-12-8-16/h1-7,9-10,17-18H,8,11-14H2,(H,25,26). The van der Waals surface area contributed by atoms with Gasteiger partial charge in [-0.15, -0.1) is 0 Å². The Morgan fingerprint density at radius 3 is 2.82 bits per heavy atom. The van der Waals surface area contributed by atoms with Crippen LogP contribution in [0.3, 0.4) is 0 Å². The number of hydrogen-bond donors (Lipinski definition) is 1. The molecule has 0 unspecified atom stereocenters. The van der Waals surface area contributed by atoms with E-state index in [2.05, 4.69) is 38.5 Å². The number of fused-ring (bicyclic) bond motifs is 1. The molecule has 1 aliphatic carbocycles. The normalized spacial score (nSPS) is 21.6. The van der Waals surface area contributed by atoms with Gasteiger partial charge in [-0.1, -0.05) is 24.3 Å². The highest BCUT2D eigenvalue weighted by atomic mass is 16.5. The molecule has 6 nitrogen and oxygen atoms in total. The lowest BCUT2D eigenvalue weighted by atomic mass is 9.89. The molecule has 0 radical (unpaired) electrons. The molecule has 1 aliphatic heterocycles. The van der Waals surface area contributed by atoms with Crippen LogP contribution in [0.4, 0.5) is 5.82 Å². The molecule has 1 fully saturated rings. The Labute approximate surface area is 163 Å². The van der Waals surface area contributed by atoms with Crippen LogP contribution < -0.4 is 10.1 Å². The van der Waals surface area contributed by atoms with Crippen LogP contribution in [0.25, 0.3) is 16.5 Å². The molecule has 0 amide bonds. The van der Waals surface area contributed by atoms with Crippen LogP contribution in [-0.2, 0) is 4.74 Å². The molecule has 1 saturated carbocycles. The van der Waals surface area contributed by atoms with Crippen molar-refractivity contribution in [1.29, 1.82) is 0 Å². The van der Waals surface area contributed by atoms with Crippen LogP contribution in [0.15, 0.2) is 54.9 Å². The Morgan fingerprint density at radius 1 is 1.04 bits per heavy atom. The molecular weight excluding hydrogens is 352 g/mol. The van der Waals surface area contributed by atoms with Crippen LogP contribution in [-0.4, -0.2) is 40.3 Å². The van der Waals surface area contributed by atoms with Crippen molar-refractivity contribution in [1.82, 2.24) is 15.0 Å². The molecule has 142 valence electrons. The molecule has 2 aromatic heterocycles. The van der Waals surface area contributed by atoms with Gasteiger partial charge >= 0.3 is 0 Å². The van der Waals surface area contributed by atoms with Crippen LogP contribution in [0, 0.1) is 0 Å². The van der Waals surface area contributed by atoms with Crippen LogP contribution in [0.1, 0.15) is 25.0 Å². The van der Waals surface area contributed by atoms with Gasteiger partial charge in [0.05, 0.1) is 18.7 Å². The first-order chi connectivity index (χ1) is 13.8. The molecule has 0 bridgehead atoms. The maximum Gasteiger partial charge on any atom is 0.240 e. The number of para-hydroxylation sites is 1. The first-order valence-electron chi connectivity index (χ1n) is 9.72. The number of aromatic nitrogens is 3. The van der Waals surface area contributed by atoms with Gasteiger partial charge < -0.3 is 14.8 Å². The summed E-state index contributed by atoms with van der Waals surface area (Å²) in [5.74, 6) is 1.54. The summed E-state index contributed by atoms with van der Waals surface area (Å²) in [6.07, 6.45) is 8.31. The molecule has 3 heterocycles. The summed E-state index contributed by atoms with van der Waals surface area (Å²) in [4.78, 5) is 13.6. The second-order valence-electron chi connectivity index (χ2n) is 7.21. The summed E-state index contributed by atoms with van der Waals surface area (Å²) in [6, 6.07) is 12.7. The number of pyridine rings is 1. The lowest BCUT2D eigenvalue weighted by Gasteiger charge is -2.36. The third-order valence-electron chi connectivity index (χ3n) is 5.26. The lowest BCUT2D eigenvalue weighted by molar-refractivity contribution is 0.101. The van der Waals surface area contributed by atoms with Crippen molar-refractivity contribution >= 4 is 22.3 Å². The third-order valence-corrected chi connectivity index (χ3v) is 5.26. The van der Waals surface area contributed by atoms with Gasteiger partial charge in [0.2, 0.25) is 5.88 Å². The molecule has 1 aromatic carbocycles. The number of benzene rings is 1. The zero-order chi connectivity index (χ0) is 18.8. The Hall–Kier alpha value is -2.99. The van der Waals surface area contributed by atoms with E-state index in [0.717, 1.165) is 53.9 Å². The minimum Gasteiger partial charge on any atom is -0.473 e. The van der Waals surface area contributed by atoms with E-state index in [0.29, 0.717) is 18.5 Å². The molecule has 28 heavy (non-hydrogen) atoms. The average Bonchev–Trinajstić information content (AvgIpc) is 2.73. The zero-order valence-corrected chi connectivity index (χ0v) is 15.5. The first kappa shape index (κ1) is 17.1. The summed E-state index contributed by atoms with van der Waals surface area (Å²) in [5, 5.41) is 4.66. The first-order valence-corrected chi connectivity index (χ1v) is 9.72. The largest absolute Gasteiger partial charge is 0.473 e. The van der Waals surface area contributed by atoms with Gasteiger partial charge in [0.15, 0.2) is 0 Å². The monoisotopic (exact) mass is 374 g/mol. The molecule has 0 saturated heterocycles. The van der Waals surface area contributed by atoms with Gasteiger partial charge in [-0.25, -0.2) is 15.0 Å². The van der Waals surface area contributed by atoms with E-state index >= 15 is 0 Å². The van der Waals surface area contributed by atoms with E-state index in [1.165, 1.54) is 0 Å². The number of ether oxygens (including phenoxy) is 2. The highest BCUT2D eigenvalue weighted by Gasteiger charge is 2.32. The van der Waals surface area contributed by atoms with Gasteiger partial charge in [-0.05, 0) is 30.2 Å². The van der Waals surface area contributed by atoms with E-state index in [1.807, 2.05) is 24.3 Å². The van der Waals surface area contributed by atoms with Gasteiger partial charge in [0, 0.05) is 36.7 Å². The minimum absolute atomic E-state index is 0.147. The smallest absolute Gasteiger partial charge is 0.240 e. The van der Waals surface area contributed by atoms with Crippen LogP contribution in [0.2, 0.25) is 0 Å². The summed E-state index contributed by atoms with van der Waals surface area (Å²) in [6.45, 7) is 1.34. The summed E-state index contributed by atoms with van der Waals surface area (Å²) in [7, 11) is 0. The Morgan fingerprint density at radius 2 is 1.93 bits per heavy atom. The summed E-state index contributed by atoms with van der Waals surface area (Å²) >= 11 is 0. The molecule has 0 spiro atoms. The topological polar surface area (TPSA) is 69.2 Å². The maximum absolute atomic E-state index is 6.16. The molecule has 2 aliphatic rings. The average molecular weight is 374 g/mol. The zero-order valence-electron chi connectivity index (χ0n) is 15.5. The second kappa shape index (κ2) is 7.56. The predicted octanol–water partition coefficient (Wildman–Crippen LogP) is 3.85. The Kier molecular flexibility index (Phi) is 4.62. The quantitative estimate of drug-likeness (QED) is 0.732. The SMILES string of the molecule is C1=C(c2nccnc2OC2CC(Nc3ccc4ccccc4n3)C2)CCOC1. The van der Waals surface area contributed by atoms with E-state index < -0.39 is 0 Å². The fourth-order valence-corrected chi connectivity index (χ4v) is 3.67. The van der Waals surface area contributed by atoms with Crippen LogP contribution in [0.5, 0.6) is 5.88 Å². The number of hydrogen-bond acceptors (Lipinski definition) is 6. The van der Waals surface area contributed by atoms with Crippen LogP contribution >= 0.6 is 0 Å². The predicted molar refractivity (Wildman–Crippen MR) is 108 cm³/mol. The minimum atomic E-state index is 0.147. The van der Waals surface area contributed by atoms with E-state index in [-0.39, 0.29) is 6.10 Å². The van der Waals surface area contributed by atoms with Crippen molar-refractivity contribution < 1.29 is 9.47 Å². The number of anilines is 1. The number of nitrogens with zero attached hydrogens (tertiary/aromatic N) is 3. The molecular formula is C22H22N4O2. The Balaban J connectivity index is 1.21. The molecule has 1 N–H and O–H groups in total. The summed E-state index contributed by atoms with van der Waals surface area (Å²) in [5.41, 5.74) is 3.01. The fraction of sp³-hybridized carbons (Fsp3) is 0.318. The van der Waals surface area contributed by atoms with Crippen molar-refractivity contribution in [3.05, 3.63) is 60.6 Å². The van der Waals surface area contributed by atoms with Crippen molar-refractivity contribution in [3.63, 3.8) is 0 Å². The van der Waals surface area contributed by atoms with Gasteiger partial charge in [-0.2, -0.15) is 0 Å². The Bertz CT molecular complexity index is 1010. The summed E-state index contributed by atoms with van der Waals surface area (Å²) < 4.78 is 11.5. The second-order valence-corrected chi connectivity index (χ2v) is 7.21. The maximum atomic E-state index is 6.16. The highest BCUT2D eigenvalue weighted by molar-refractivity contribution is 5.80. The van der Waals surface area contributed by atoms with Crippen molar-refractivity contribution in [3.8, 4) is 5.88 Å². The molecule has 5 rings (SSSR count). The lowest BCUT2D eigenvalue weighted by Crippen LogP contribution is -2.43. The number of nitrogens with one attached hydrogen (secondary N) is 1. The number of rotatable bonds is 5. The van der Waals surface area contributed by atoms with Crippen molar-refractivity contribution in [2.24, 2.45) is 0 Å².